The number of fused-ring (bicyclic) bond motifs is 1. The Labute approximate surface area is 112 Å². The van der Waals surface area contributed by atoms with Gasteiger partial charge < -0.3 is 10.7 Å². The first-order valence-corrected chi connectivity index (χ1v) is 6.31. The fourth-order valence-corrected chi connectivity index (χ4v) is 2.16. The lowest BCUT2D eigenvalue weighted by Crippen LogP contribution is -1.88. The highest BCUT2D eigenvalue weighted by Gasteiger charge is 2.07. The van der Waals surface area contributed by atoms with E-state index >= 15 is 0 Å². The molecule has 90 valence electrons. The van der Waals surface area contributed by atoms with Crippen molar-refractivity contribution in [3.63, 3.8) is 0 Å². The normalized spacial score (nSPS) is 11.0. The van der Waals surface area contributed by atoms with Crippen LogP contribution in [0.4, 0.5) is 5.82 Å². The molecule has 2 heterocycles. The fraction of sp³-hybridized carbons (Fsp3) is 0.0769. The number of H-pyrrole nitrogens is 1. The zero-order valence-electron chi connectivity index (χ0n) is 9.74. The second-order valence-corrected chi connectivity index (χ2v) is 5.01. The van der Waals surface area contributed by atoms with E-state index in [9.17, 15) is 0 Å². The smallest absolute Gasteiger partial charge is 0.180 e. The molecule has 0 atom stereocenters. The summed E-state index contributed by atoms with van der Waals surface area (Å²) in [6, 6.07) is 9.76. The molecule has 18 heavy (non-hydrogen) atoms. The predicted octanol–water partition coefficient (Wildman–Crippen LogP) is 3.28. The lowest BCUT2D eigenvalue weighted by atomic mass is 10.1. The van der Waals surface area contributed by atoms with Gasteiger partial charge >= 0.3 is 0 Å². The van der Waals surface area contributed by atoms with Crippen molar-refractivity contribution in [2.75, 3.05) is 5.73 Å². The second kappa shape index (κ2) is 4.10. The summed E-state index contributed by atoms with van der Waals surface area (Å²) in [5, 5.41) is 0. The summed E-state index contributed by atoms with van der Waals surface area (Å²) < 4.78 is 1.06. The van der Waals surface area contributed by atoms with E-state index < -0.39 is 0 Å². The van der Waals surface area contributed by atoms with Gasteiger partial charge in [-0.15, -0.1) is 0 Å². The number of pyridine rings is 1. The summed E-state index contributed by atoms with van der Waals surface area (Å²) in [5.74, 6) is 1.27. The zero-order valence-corrected chi connectivity index (χ0v) is 11.3. The van der Waals surface area contributed by atoms with E-state index in [0.717, 1.165) is 21.4 Å². The van der Waals surface area contributed by atoms with Gasteiger partial charge in [-0.3, -0.25) is 0 Å². The maximum absolute atomic E-state index is 5.64. The Morgan fingerprint density at radius 3 is 2.78 bits per heavy atom. The summed E-state index contributed by atoms with van der Waals surface area (Å²) in [7, 11) is 0. The molecule has 0 unspecified atom stereocenters. The van der Waals surface area contributed by atoms with E-state index in [4.69, 9.17) is 5.73 Å². The van der Waals surface area contributed by atoms with Gasteiger partial charge in [0.05, 0.1) is 5.52 Å². The van der Waals surface area contributed by atoms with Crippen molar-refractivity contribution < 1.29 is 0 Å². The number of nitrogen functional groups attached to an aromatic ring is 1. The van der Waals surface area contributed by atoms with Gasteiger partial charge in [0.2, 0.25) is 0 Å². The number of hydrogen-bond donors (Lipinski definition) is 2. The van der Waals surface area contributed by atoms with E-state index in [1.807, 2.05) is 24.3 Å². The molecular formula is C13H11BrN4. The lowest BCUT2D eigenvalue weighted by Gasteiger charge is -2.00. The zero-order chi connectivity index (χ0) is 12.7. The van der Waals surface area contributed by atoms with Crippen LogP contribution in [0.25, 0.3) is 22.6 Å². The van der Waals surface area contributed by atoms with Crippen LogP contribution in [0.2, 0.25) is 0 Å². The Hall–Kier alpha value is -1.88. The molecule has 0 bridgehead atoms. The number of rotatable bonds is 1. The molecule has 3 rings (SSSR count). The molecule has 2 aromatic heterocycles. The minimum Gasteiger partial charge on any atom is -0.384 e. The first-order valence-electron chi connectivity index (χ1n) is 5.52. The molecule has 4 nitrogen and oxygen atoms in total. The number of aromatic amines is 1. The Balaban J connectivity index is 2.16. The number of aryl methyl sites for hydroxylation is 1. The number of halogens is 1. The van der Waals surface area contributed by atoms with Crippen molar-refractivity contribution in [1.82, 2.24) is 15.0 Å². The van der Waals surface area contributed by atoms with Crippen molar-refractivity contribution in [1.29, 1.82) is 0 Å². The van der Waals surface area contributed by atoms with Crippen molar-refractivity contribution in [3.8, 4) is 11.4 Å². The molecule has 5 heteroatoms. The maximum atomic E-state index is 5.64. The largest absolute Gasteiger partial charge is 0.384 e. The Morgan fingerprint density at radius 1 is 1.17 bits per heavy atom. The number of anilines is 1. The molecule has 0 saturated heterocycles. The van der Waals surface area contributed by atoms with Crippen LogP contribution in [0.5, 0.6) is 0 Å². The average molecular weight is 303 g/mol. The van der Waals surface area contributed by atoms with E-state index in [1.54, 1.807) is 6.07 Å². The number of nitrogens with one attached hydrogen (secondary N) is 1. The van der Waals surface area contributed by atoms with E-state index in [-0.39, 0.29) is 0 Å². The molecule has 0 amide bonds. The number of aromatic nitrogens is 3. The summed E-state index contributed by atoms with van der Waals surface area (Å²) in [5.41, 5.74) is 9.38. The van der Waals surface area contributed by atoms with Crippen molar-refractivity contribution >= 4 is 32.9 Å². The first kappa shape index (κ1) is 11.2. The van der Waals surface area contributed by atoms with E-state index in [2.05, 4.69) is 37.8 Å². The van der Waals surface area contributed by atoms with E-state index in [1.165, 1.54) is 5.56 Å². The van der Waals surface area contributed by atoms with Gasteiger partial charge in [0.15, 0.2) is 5.65 Å². The summed E-state index contributed by atoms with van der Waals surface area (Å²) in [4.78, 5) is 11.9. The van der Waals surface area contributed by atoms with Crippen LogP contribution in [0, 0.1) is 6.92 Å². The van der Waals surface area contributed by atoms with Gasteiger partial charge in [-0.05, 0) is 30.7 Å². The summed E-state index contributed by atoms with van der Waals surface area (Å²) in [6.45, 7) is 2.05. The summed E-state index contributed by atoms with van der Waals surface area (Å²) in [6.07, 6.45) is 0. The van der Waals surface area contributed by atoms with Gasteiger partial charge in [0, 0.05) is 10.0 Å². The molecule has 0 fully saturated rings. The molecule has 3 N–H and O–H groups in total. The van der Waals surface area contributed by atoms with Crippen LogP contribution < -0.4 is 5.73 Å². The third kappa shape index (κ3) is 1.86. The van der Waals surface area contributed by atoms with Gasteiger partial charge in [-0.1, -0.05) is 28.1 Å². The minimum absolute atomic E-state index is 0.477. The van der Waals surface area contributed by atoms with Gasteiger partial charge in [-0.2, -0.15) is 0 Å². The monoisotopic (exact) mass is 302 g/mol. The van der Waals surface area contributed by atoms with Crippen molar-refractivity contribution in [2.45, 2.75) is 6.92 Å². The van der Waals surface area contributed by atoms with Gasteiger partial charge in [0.1, 0.15) is 11.6 Å². The SMILES string of the molecule is Cc1ccc(-c2nc3nc(N)ccc3[nH]2)cc1Br. The topological polar surface area (TPSA) is 67.6 Å². The molecule has 1 aromatic carbocycles. The van der Waals surface area contributed by atoms with Gasteiger partial charge in [0.25, 0.3) is 0 Å². The Morgan fingerprint density at radius 2 is 2.00 bits per heavy atom. The van der Waals surface area contributed by atoms with E-state index in [0.29, 0.717) is 11.5 Å². The van der Waals surface area contributed by atoms with Crippen LogP contribution >= 0.6 is 15.9 Å². The number of nitrogens with two attached hydrogens (primary N) is 1. The quantitative estimate of drug-likeness (QED) is 0.725. The minimum atomic E-state index is 0.477. The van der Waals surface area contributed by atoms with Crippen LogP contribution in [0.1, 0.15) is 5.56 Å². The summed E-state index contributed by atoms with van der Waals surface area (Å²) >= 11 is 3.52. The van der Waals surface area contributed by atoms with Crippen LogP contribution in [0.3, 0.4) is 0 Å². The first-order chi connectivity index (χ1) is 8.63. The molecule has 0 saturated carbocycles. The fourth-order valence-electron chi connectivity index (χ4n) is 1.78. The third-order valence-electron chi connectivity index (χ3n) is 2.81. The number of benzene rings is 1. The van der Waals surface area contributed by atoms with Crippen LogP contribution in [0.15, 0.2) is 34.8 Å². The highest BCUT2D eigenvalue weighted by atomic mass is 79.9. The standard InChI is InChI=1S/C13H11BrN4/c1-7-2-3-8(6-9(7)14)12-16-10-4-5-11(15)17-13(10)18-12/h2-6H,1H3,(H3,15,16,17,18). The molecule has 0 aliphatic rings. The molecule has 0 aliphatic heterocycles. The highest BCUT2D eigenvalue weighted by molar-refractivity contribution is 9.10. The van der Waals surface area contributed by atoms with Crippen molar-refractivity contribution in [2.24, 2.45) is 0 Å². The average Bonchev–Trinajstić information content (AvgIpc) is 2.75. The third-order valence-corrected chi connectivity index (χ3v) is 3.67. The lowest BCUT2D eigenvalue weighted by molar-refractivity contribution is 1.29. The number of hydrogen-bond acceptors (Lipinski definition) is 3. The van der Waals surface area contributed by atoms with Crippen LogP contribution in [-0.2, 0) is 0 Å². The Kier molecular flexibility index (Phi) is 2.56. The number of imidazole rings is 1. The Bertz CT molecular complexity index is 733. The molecule has 0 spiro atoms. The van der Waals surface area contributed by atoms with Gasteiger partial charge in [-0.25, -0.2) is 9.97 Å². The highest BCUT2D eigenvalue weighted by Crippen LogP contribution is 2.25. The molecule has 3 aromatic rings. The second-order valence-electron chi connectivity index (χ2n) is 4.16. The number of nitrogens with zero attached hydrogens (tertiary/aromatic N) is 2. The molecule has 0 radical (unpaired) electrons. The maximum Gasteiger partial charge on any atom is 0.180 e. The molecular weight excluding hydrogens is 292 g/mol. The van der Waals surface area contributed by atoms with Crippen molar-refractivity contribution in [3.05, 3.63) is 40.4 Å². The van der Waals surface area contributed by atoms with Crippen LogP contribution in [-0.4, -0.2) is 15.0 Å². The predicted molar refractivity (Wildman–Crippen MR) is 76.2 cm³/mol. The molecule has 0 aliphatic carbocycles.